The van der Waals surface area contributed by atoms with E-state index >= 15 is 0 Å². The van der Waals surface area contributed by atoms with Crippen LogP contribution in [0.15, 0.2) is 0 Å². The predicted octanol–water partition coefficient (Wildman–Crippen LogP) is 1.91. The summed E-state index contributed by atoms with van der Waals surface area (Å²) in [6.07, 6.45) is 3.34. The summed E-state index contributed by atoms with van der Waals surface area (Å²) in [5.41, 5.74) is 6.23. The van der Waals surface area contributed by atoms with Crippen LogP contribution in [0.5, 0.6) is 0 Å². The first-order valence-corrected chi connectivity index (χ1v) is 6.31. The van der Waals surface area contributed by atoms with Crippen LogP contribution in [0.3, 0.4) is 0 Å². The Morgan fingerprint density at radius 2 is 2.25 bits per heavy atom. The highest BCUT2D eigenvalue weighted by Crippen LogP contribution is 2.25. The first-order valence-electron chi connectivity index (χ1n) is 6.31. The summed E-state index contributed by atoms with van der Waals surface area (Å²) in [5, 5.41) is 8.57. The lowest BCUT2D eigenvalue weighted by Crippen LogP contribution is -2.26. The molecule has 1 aromatic heterocycles. The third-order valence-electron chi connectivity index (χ3n) is 3.79. The number of aromatic nitrogens is 3. The molecule has 4 nitrogen and oxygen atoms in total. The average molecular weight is 222 g/mol. The SMILES string of the molecule is CCC(C)C(N)c1nnc2n1CCC(C)C2. The second kappa shape index (κ2) is 4.53. The first kappa shape index (κ1) is 11.6. The van der Waals surface area contributed by atoms with E-state index in [9.17, 15) is 0 Å². The second-order valence-corrected chi connectivity index (χ2v) is 5.14. The van der Waals surface area contributed by atoms with Gasteiger partial charge in [-0.15, -0.1) is 10.2 Å². The van der Waals surface area contributed by atoms with Gasteiger partial charge in [-0.3, -0.25) is 0 Å². The van der Waals surface area contributed by atoms with Gasteiger partial charge in [0.25, 0.3) is 0 Å². The van der Waals surface area contributed by atoms with Crippen molar-refractivity contribution in [3.63, 3.8) is 0 Å². The van der Waals surface area contributed by atoms with E-state index in [0.29, 0.717) is 5.92 Å². The summed E-state index contributed by atoms with van der Waals surface area (Å²) >= 11 is 0. The van der Waals surface area contributed by atoms with Gasteiger partial charge < -0.3 is 10.3 Å². The summed E-state index contributed by atoms with van der Waals surface area (Å²) in [4.78, 5) is 0. The lowest BCUT2D eigenvalue weighted by molar-refractivity contribution is 0.373. The van der Waals surface area contributed by atoms with Crippen molar-refractivity contribution in [2.24, 2.45) is 17.6 Å². The van der Waals surface area contributed by atoms with Crippen LogP contribution in [-0.2, 0) is 13.0 Å². The van der Waals surface area contributed by atoms with E-state index in [-0.39, 0.29) is 6.04 Å². The van der Waals surface area contributed by atoms with Gasteiger partial charge in [0.1, 0.15) is 11.6 Å². The van der Waals surface area contributed by atoms with Crippen molar-refractivity contribution in [1.82, 2.24) is 14.8 Å². The van der Waals surface area contributed by atoms with Crippen LogP contribution in [0, 0.1) is 11.8 Å². The second-order valence-electron chi connectivity index (χ2n) is 5.14. The number of hydrogen-bond donors (Lipinski definition) is 1. The van der Waals surface area contributed by atoms with Crippen molar-refractivity contribution in [1.29, 1.82) is 0 Å². The van der Waals surface area contributed by atoms with Gasteiger partial charge in [0.15, 0.2) is 0 Å². The molecule has 0 aliphatic carbocycles. The van der Waals surface area contributed by atoms with Crippen LogP contribution in [0.4, 0.5) is 0 Å². The van der Waals surface area contributed by atoms with Crippen molar-refractivity contribution in [3.05, 3.63) is 11.6 Å². The van der Waals surface area contributed by atoms with E-state index in [0.717, 1.165) is 37.0 Å². The van der Waals surface area contributed by atoms with Gasteiger partial charge in [0, 0.05) is 13.0 Å². The molecule has 3 unspecified atom stereocenters. The number of fused-ring (bicyclic) bond motifs is 1. The molecule has 0 fully saturated rings. The van der Waals surface area contributed by atoms with Gasteiger partial charge >= 0.3 is 0 Å². The Kier molecular flexibility index (Phi) is 3.28. The van der Waals surface area contributed by atoms with E-state index in [1.807, 2.05) is 0 Å². The molecule has 2 heterocycles. The topological polar surface area (TPSA) is 56.7 Å². The van der Waals surface area contributed by atoms with Crippen molar-refractivity contribution < 1.29 is 0 Å². The quantitative estimate of drug-likeness (QED) is 0.850. The normalized spacial score (nSPS) is 23.9. The Labute approximate surface area is 97.2 Å². The molecule has 2 rings (SSSR count). The maximum Gasteiger partial charge on any atom is 0.150 e. The van der Waals surface area contributed by atoms with Crippen molar-refractivity contribution >= 4 is 0 Å². The zero-order chi connectivity index (χ0) is 11.7. The standard InChI is InChI=1S/C12H22N4/c1-4-9(3)11(13)12-15-14-10-7-8(2)5-6-16(10)12/h8-9,11H,4-7,13H2,1-3H3. The molecule has 2 N–H and O–H groups in total. The molecule has 0 spiro atoms. The summed E-state index contributed by atoms with van der Waals surface area (Å²) in [5.74, 6) is 3.29. The highest BCUT2D eigenvalue weighted by Gasteiger charge is 2.25. The summed E-state index contributed by atoms with van der Waals surface area (Å²) < 4.78 is 2.23. The molecule has 0 bridgehead atoms. The van der Waals surface area contributed by atoms with Crippen molar-refractivity contribution in [2.45, 2.75) is 52.6 Å². The summed E-state index contributed by atoms with van der Waals surface area (Å²) in [7, 11) is 0. The number of hydrogen-bond acceptors (Lipinski definition) is 3. The fraction of sp³-hybridized carbons (Fsp3) is 0.833. The monoisotopic (exact) mass is 222 g/mol. The molecule has 1 aliphatic rings. The van der Waals surface area contributed by atoms with Gasteiger partial charge in [-0.1, -0.05) is 27.2 Å². The summed E-state index contributed by atoms with van der Waals surface area (Å²) in [6.45, 7) is 7.65. The van der Waals surface area contributed by atoms with Gasteiger partial charge in [0.05, 0.1) is 6.04 Å². The third-order valence-corrected chi connectivity index (χ3v) is 3.79. The van der Waals surface area contributed by atoms with Crippen LogP contribution in [0.2, 0.25) is 0 Å². The molecule has 4 heteroatoms. The lowest BCUT2D eigenvalue weighted by Gasteiger charge is -2.23. The Bertz CT molecular complexity index is 358. The summed E-state index contributed by atoms with van der Waals surface area (Å²) in [6, 6.07) is 0.0275. The van der Waals surface area contributed by atoms with Crippen LogP contribution >= 0.6 is 0 Å². The molecule has 0 saturated heterocycles. The Balaban J connectivity index is 2.23. The number of rotatable bonds is 3. The van der Waals surface area contributed by atoms with Crippen LogP contribution < -0.4 is 5.73 Å². The van der Waals surface area contributed by atoms with Gasteiger partial charge in [-0.05, 0) is 18.3 Å². The molecule has 0 saturated carbocycles. The molecule has 3 atom stereocenters. The zero-order valence-electron chi connectivity index (χ0n) is 10.5. The maximum absolute atomic E-state index is 6.23. The third kappa shape index (κ3) is 1.98. The Morgan fingerprint density at radius 3 is 2.94 bits per heavy atom. The molecular weight excluding hydrogens is 200 g/mol. The molecule has 0 amide bonds. The average Bonchev–Trinajstić information content (AvgIpc) is 2.69. The molecule has 1 aromatic rings. The van der Waals surface area contributed by atoms with Gasteiger partial charge in [-0.25, -0.2) is 0 Å². The fourth-order valence-corrected chi connectivity index (χ4v) is 2.26. The predicted molar refractivity (Wildman–Crippen MR) is 63.9 cm³/mol. The van der Waals surface area contributed by atoms with Gasteiger partial charge in [0.2, 0.25) is 0 Å². The zero-order valence-corrected chi connectivity index (χ0v) is 10.5. The molecule has 90 valence electrons. The van der Waals surface area contributed by atoms with Gasteiger partial charge in [-0.2, -0.15) is 0 Å². The minimum absolute atomic E-state index is 0.0275. The van der Waals surface area contributed by atoms with Crippen molar-refractivity contribution in [2.75, 3.05) is 0 Å². The van der Waals surface area contributed by atoms with E-state index in [4.69, 9.17) is 5.73 Å². The smallest absolute Gasteiger partial charge is 0.150 e. The lowest BCUT2D eigenvalue weighted by atomic mass is 9.97. The van der Waals surface area contributed by atoms with Crippen LogP contribution in [0.25, 0.3) is 0 Å². The molecule has 0 radical (unpaired) electrons. The Morgan fingerprint density at radius 1 is 1.50 bits per heavy atom. The minimum Gasteiger partial charge on any atom is -0.321 e. The highest BCUT2D eigenvalue weighted by molar-refractivity contribution is 5.04. The molecule has 16 heavy (non-hydrogen) atoms. The number of nitrogens with zero attached hydrogens (tertiary/aromatic N) is 3. The first-order chi connectivity index (χ1) is 7.63. The number of nitrogens with two attached hydrogens (primary N) is 1. The largest absolute Gasteiger partial charge is 0.321 e. The van der Waals surface area contributed by atoms with Crippen LogP contribution in [-0.4, -0.2) is 14.8 Å². The molecule has 0 aromatic carbocycles. The van der Waals surface area contributed by atoms with Crippen molar-refractivity contribution in [3.8, 4) is 0 Å². The fourth-order valence-electron chi connectivity index (χ4n) is 2.26. The molecule has 1 aliphatic heterocycles. The van der Waals surface area contributed by atoms with E-state index in [1.54, 1.807) is 0 Å². The highest BCUT2D eigenvalue weighted by atomic mass is 15.3. The molecular formula is C12H22N4. The minimum atomic E-state index is 0.0275. The van der Waals surface area contributed by atoms with Crippen LogP contribution in [0.1, 0.15) is 51.3 Å². The Hall–Kier alpha value is -0.900. The van der Waals surface area contributed by atoms with E-state index < -0.39 is 0 Å². The van der Waals surface area contributed by atoms with E-state index in [2.05, 4.69) is 35.5 Å². The maximum atomic E-state index is 6.23. The van der Waals surface area contributed by atoms with E-state index in [1.165, 1.54) is 6.42 Å².